The predicted molar refractivity (Wildman–Crippen MR) is 61.7 cm³/mol. The van der Waals surface area contributed by atoms with Crippen molar-refractivity contribution in [2.45, 2.75) is 31.6 Å². The summed E-state index contributed by atoms with van der Waals surface area (Å²) in [5.74, 6) is 1.71. The maximum atomic E-state index is 5.33. The fraction of sp³-hybridized carbons (Fsp3) is 0.538. The van der Waals surface area contributed by atoms with Gasteiger partial charge in [0.25, 0.3) is 0 Å². The number of aromatic nitrogens is 3. The van der Waals surface area contributed by atoms with Crippen LogP contribution in [0.3, 0.4) is 0 Å². The summed E-state index contributed by atoms with van der Waals surface area (Å²) in [5.41, 5.74) is 4.15. The van der Waals surface area contributed by atoms with E-state index < -0.39 is 0 Å². The Morgan fingerprint density at radius 1 is 1.41 bits per heavy atom. The summed E-state index contributed by atoms with van der Waals surface area (Å²) in [6.07, 6.45) is 7.18. The summed E-state index contributed by atoms with van der Waals surface area (Å²) in [6, 6.07) is 0. The smallest absolute Gasteiger partial charge is 0.140 e. The minimum atomic E-state index is 0.176. The Balaban J connectivity index is 1.86. The van der Waals surface area contributed by atoms with Crippen molar-refractivity contribution >= 4 is 0 Å². The molecule has 17 heavy (non-hydrogen) atoms. The van der Waals surface area contributed by atoms with Crippen LogP contribution in [0.1, 0.15) is 29.5 Å². The van der Waals surface area contributed by atoms with E-state index in [-0.39, 0.29) is 5.41 Å². The average Bonchev–Trinajstić information content (AvgIpc) is 2.90. The number of hydrogen-bond acceptors (Lipinski definition) is 3. The highest BCUT2D eigenvalue weighted by atomic mass is 16.5. The van der Waals surface area contributed by atoms with E-state index in [1.165, 1.54) is 16.8 Å². The molecule has 0 fully saturated rings. The molecule has 4 nitrogen and oxygen atoms in total. The van der Waals surface area contributed by atoms with E-state index in [4.69, 9.17) is 4.52 Å². The predicted octanol–water partition coefficient (Wildman–Crippen LogP) is 1.64. The summed E-state index contributed by atoms with van der Waals surface area (Å²) in [5, 5.41) is 8.59. The van der Waals surface area contributed by atoms with Gasteiger partial charge in [-0.15, -0.1) is 0 Å². The molecule has 4 rings (SSSR count). The first-order chi connectivity index (χ1) is 8.17. The van der Waals surface area contributed by atoms with Crippen LogP contribution in [0.5, 0.6) is 0 Å². The van der Waals surface area contributed by atoms with E-state index in [0.717, 1.165) is 25.0 Å². The van der Waals surface area contributed by atoms with E-state index in [1.807, 2.05) is 17.9 Å². The normalized spacial score (nSPS) is 29.9. The number of rotatable bonds is 0. The Hall–Kier alpha value is -1.58. The molecule has 0 N–H and O–H groups in total. The van der Waals surface area contributed by atoms with Gasteiger partial charge in [0, 0.05) is 30.6 Å². The van der Waals surface area contributed by atoms with Crippen molar-refractivity contribution in [2.75, 3.05) is 0 Å². The van der Waals surface area contributed by atoms with Crippen LogP contribution in [0.15, 0.2) is 16.9 Å². The minimum absolute atomic E-state index is 0.176. The Morgan fingerprint density at radius 3 is 3.18 bits per heavy atom. The topological polar surface area (TPSA) is 43.9 Å². The lowest BCUT2D eigenvalue weighted by atomic mass is 9.69. The summed E-state index contributed by atoms with van der Waals surface area (Å²) < 4.78 is 7.27. The fourth-order valence-corrected chi connectivity index (χ4v) is 3.59. The monoisotopic (exact) mass is 229 g/mol. The fourth-order valence-electron chi connectivity index (χ4n) is 3.59. The largest absolute Gasteiger partial charge is 0.361 e. The number of nitrogens with zero attached hydrogens (tertiary/aromatic N) is 3. The van der Waals surface area contributed by atoms with Gasteiger partial charge in [0.2, 0.25) is 0 Å². The Kier molecular flexibility index (Phi) is 1.56. The lowest BCUT2D eigenvalue weighted by Crippen LogP contribution is -2.36. The van der Waals surface area contributed by atoms with E-state index >= 15 is 0 Å². The Bertz CT molecular complexity index is 598. The summed E-state index contributed by atoms with van der Waals surface area (Å²) in [6.45, 7) is 2.34. The number of aryl methyl sites for hydroxylation is 1. The molecule has 0 aliphatic heterocycles. The number of hydrogen-bond donors (Lipinski definition) is 0. The van der Waals surface area contributed by atoms with E-state index in [9.17, 15) is 0 Å². The third-order valence-corrected chi connectivity index (χ3v) is 4.53. The highest BCUT2D eigenvalue weighted by Crippen LogP contribution is 2.49. The van der Waals surface area contributed by atoms with Gasteiger partial charge < -0.3 is 4.52 Å². The van der Waals surface area contributed by atoms with Gasteiger partial charge in [-0.1, -0.05) is 12.1 Å². The first kappa shape index (κ1) is 9.45. The van der Waals surface area contributed by atoms with E-state index in [1.54, 1.807) is 0 Å². The van der Waals surface area contributed by atoms with Gasteiger partial charge in [-0.2, -0.15) is 5.10 Å². The van der Waals surface area contributed by atoms with Crippen LogP contribution in [0.25, 0.3) is 0 Å². The van der Waals surface area contributed by atoms with Crippen LogP contribution >= 0.6 is 0 Å². The molecule has 4 heteroatoms. The average molecular weight is 229 g/mol. The van der Waals surface area contributed by atoms with Crippen molar-refractivity contribution in [2.24, 2.45) is 13.0 Å². The van der Waals surface area contributed by atoms with Gasteiger partial charge in [-0.25, -0.2) is 0 Å². The van der Waals surface area contributed by atoms with Gasteiger partial charge in [-0.3, -0.25) is 4.68 Å². The second-order valence-corrected chi connectivity index (χ2v) is 5.65. The maximum absolute atomic E-state index is 5.33. The summed E-state index contributed by atoms with van der Waals surface area (Å²) in [7, 11) is 2.00. The molecular formula is C13H15N3O. The molecule has 0 aromatic carbocycles. The van der Waals surface area contributed by atoms with Crippen LogP contribution in [-0.4, -0.2) is 14.9 Å². The quantitative estimate of drug-likeness (QED) is 0.689. The van der Waals surface area contributed by atoms with Crippen molar-refractivity contribution in [3.8, 4) is 0 Å². The minimum Gasteiger partial charge on any atom is -0.361 e. The summed E-state index contributed by atoms with van der Waals surface area (Å²) in [4.78, 5) is 0. The molecule has 2 heterocycles. The SMILES string of the molecule is Cn1cc2c(n1)C1(C)Cc3cnoc3CC1C2. The standard InChI is InChI=1S/C13H15N3O/c1-13-5-9-6-14-17-11(9)4-10(13)3-8-7-16(2)15-12(8)13/h6-7,10H,3-5H2,1-2H3. The molecule has 0 saturated carbocycles. The maximum Gasteiger partial charge on any atom is 0.140 e. The van der Waals surface area contributed by atoms with Gasteiger partial charge >= 0.3 is 0 Å². The number of fused-ring (bicyclic) bond motifs is 4. The van der Waals surface area contributed by atoms with Gasteiger partial charge in [0.05, 0.1) is 11.9 Å². The molecule has 2 unspecified atom stereocenters. The van der Waals surface area contributed by atoms with Gasteiger partial charge in [0.15, 0.2) is 0 Å². The van der Waals surface area contributed by atoms with Crippen LogP contribution in [0.2, 0.25) is 0 Å². The van der Waals surface area contributed by atoms with Crippen molar-refractivity contribution in [1.82, 2.24) is 14.9 Å². The Morgan fingerprint density at radius 2 is 2.29 bits per heavy atom. The molecule has 0 amide bonds. The van der Waals surface area contributed by atoms with Crippen LogP contribution in [0.4, 0.5) is 0 Å². The molecule has 2 aliphatic carbocycles. The third kappa shape index (κ3) is 1.08. The second-order valence-electron chi connectivity index (χ2n) is 5.65. The zero-order valence-electron chi connectivity index (χ0n) is 10.1. The molecule has 0 spiro atoms. The lowest BCUT2D eigenvalue weighted by molar-refractivity contribution is 0.252. The molecule has 0 saturated heterocycles. The first-order valence-electron chi connectivity index (χ1n) is 6.12. The molecule has 2 aromatic rings. The molecule has 0 bridgehead atoms. The second kappa shape index (κ2) is 2.81. The van der Waals surface area contributed by atoms with Crippen molar-refractivity contribution in [3.63, 3.8) is 0 Å². The molecular weight excluding hydrogens is 214 g/mol. The lowest BCUT2D eigenvalue weighted by Gasteiger charge is -2.34. The van der Waals surface area contributed by atoms with Crippen molar-refractivity contribution in [3.05, 3.63) is 35.0 Å². The van der Waals surface area contributed by atoms with E-state index in [0.29, 0.717) is 5.92 Å². The third-order valence-electron chi connectivity index (χ3n) is 4.53. The van der Waals surface area contributed by atoms with Crippen LogP contribution in [0, 0.1) is 5.92 Å². The van der Waals surface area contributed by atoms with Crippen molar-refractivity contribution in [1.29, 1.82) is 0 Å². The summed E-state index contributed by atoms with van der Waals surface area (Å²) >= 11 is 0. The highest BCUT2D eigenvalue weighted by Gasteiger charge is 2.49. The van der Waals surface area contributed by atoms with Crippen LogP contribution in [-0.2, 0) is 31.7 Å². The van der Waals surface area contributed by atoms with Gasteiger partial charge in [-0.05, 0) is 24.3 Å². The Labute approximate surface area is 99.6 Å². The highest BCUT2D eigenvalue weighted by molar-refractivity contribution is 5.39. The zero-order chi connectivity index (χ0) is 11.6. The molecule has 2 atom stereocenters. The van der Waals surface area contributed by atoms with Gasteiger partial charge in [0.1, 0.15) is 5.76 Å². The molecule has 88 valence electrons. The zero-order valence-corrected chi connectivity index (χ0v) is 10.1. The van der Waals surface area contributed by atoms with Crippen molar-refractivity contribution < 1.29 is 4.52 Å². The first-order valence-corrected chi connectivity index (χ1v) is 6.12. The molecule has 2 aromatic heterocycles. The van der Waals surface area contributed by atoms with Crippen LogP contribution < -0.4 is 0 Å². The molecule has 0 radical (unpaired) electrons. The molecule has 2 aliphatic rings. The van der Waals surface area contributed by atoms with E-state index in [2.05, 4.69) is 23.4 Å².